The van der Waals surface area contributed by atoms with Gasteiger partial charge in [-0.2, -0.15) is 5.10 Å². The van der Waals surface area contributed by atoms with Gasteiger partial charge in [0, 0.05) is 62.7 Å². The van der Waals surface area contributed by atoms with Crippen LogP contribution in [0.15, 0.2) is 41.5 Å². The van der Waals surface area contributed by atoms with Crippen molar-refractivity contribution in [3.63, 3.8) is 0 Å². The minimum atomic E-state index is 0.0844. The average molecular weight is 326 g/mol. The first kappa shape index (κ1) is 15.2. The fraction of sp³-hybridized carbons (Fsp3) is 0.500. The lowest BCUT2D eigenvalue weighted by atomic mass is 9.83. The van der Waals surface area contributed by atoms with Gasteiger partial charge < -0.3 is 9.47 Å². The summed E-state index contributed by atoms with van der Waals surface area (Å²) >= 11 is 0. The Morgan fingerprint density at radius 2 is 2.12 bits per heavy atom. The Bertz CT molecular complexity index is 781. The number of rotatable bonds is 4. The van der Waals surface area contributed by atoms with Gasteiger partial charge in [0.05, 0.1) is 0 Å². The van der Waals surface area contributed by atoms with Gasteiger partial charge in [-0.1, -0.05) is 6.07 Å². The van der Waals surface area contributed by atoms with Gasteiger partial charge in [0.1, 0.15) is 0 Å². The molecule has 0 N–H and O–H groups in total. The van der Waals surface area contributed by atoms with E-state index >= 15 is 0 Å². The highest BCUT2D eigenvalue weighted by Crippen LogP contribution is 2.35. The van der Waals surface area contributed by atoms with E-state index in [1.807, 2.05) is 38.5 Å². The summed E-state index contributed by atoms with van der Waals surface area (Å²) in [5, 5.41) is 4.16. The molecule has 2 atom stereocenters. The van der Waals surface area contributed by atoms with Gasteiger partial charge in [-0.05, 0) is 30.9 Å². The molecule has 4 heterocycles. The Balaban J connectivity index is 1.40. The predicted molar refractivity (Wildman–Crippen MR) is 89.6 cm³/mol. The molecule has 1 fully saturated rings. The maximum atomic E-state index is 12.6. The van der Waals surface area contributed by atoms with E-state index in [0.29, 0.717) is 18.3 Å². The van der Waals surface area contributed by atoms with Crippen LogP contribution in [0.4, 0.5) is 0 Å². The van der Waals surface area contributed by atoms with Crippen LogP contribution in [0.3, 0.4) is 0 Å². The van der Waals surface area contributed by atoms with E-state index in [1.54, 1.807) is 12.3 Å². The second-order valence-electron chi connectivity index (χ2n) is 6.87. The monoisotopic (exact) mass is 326 g/mol. The number of aromatic nitrogens is 3. The van der Waals surface area contributed by atoms with Crippen molar-refractivity contribution in [1.29, 1.82) is 0 Å². The molecule has 0 aliphatic carbocycles. The number of hydrogen-bond donors (Lipinski definition) is 0. The minimum Gasteiger partial charge on any atom is -0.342 e. The number of piperidine rings is 1. The number of likely N-dealkylation sites (tertiary alicyclic amines) is 1. The summed E-state index contributed by atoms with van der Waals surface area (Å²) in [6, 6.07) is 7.39. The third-order valence-electron chi connectivity index (χ3n) is 5.17. The number of hydrogen-bond acceptors (Lipinski definition) is 3. The number of pyridine rings is 1. The molecule has 2 aliphatic rings. The van der Waals surface area contributed by atoms with Crippen molar-refractivity contribution in [1.82, 2.24) is 19.2 Å². The molecule has 0 saturated carbocycles. The van der Waals surface area contributed by atoms with Crippen molar-refractivity contribution in [2.24, 2.45) is 5.92 Å². The van der Waals surface area contributed by atoms with E-state index in [2.05, 4.69) is 5.10 Å². The molecule has 2 aromatic heterocycles. The van der Waals surface area contributed by atoms with Gasteiger partial charge >= 0.3 is 0 Å². The third kappa shape index (κ3) is 2.88. The summed E-state index contributed by atoms with van der Waals surface area (Å²) in [4.78, 5) is 26.6. The first-order chi connectivity index (χ1) is 11.7. The number of carbonyl (C=O) groups excluding carboxylic acids is 1. The summed E-state index contributed by atoms with van der Waals surface area (Å²) in [6.07, 6.45) is 6.13. The highest BCUT2D eigenvalue weighted by molar-refractivity contribution is 5.76. The average Bonchev–Trinajstić information content (AvgIpc) is 3.09. The lowest BCUT2D eigenvalue weighted by Gasteiger charge is -2.42. The summed E-state index contributed by atoms with van der Waals surface area (Å²) in [5.74, 6) is 0.913. The first-order valence-corrected chi connectivity index (χ1v) is 8.65. The number of carbonyl (C=O) groups is 1. The Kier molecular flexibility index (Phi) is 3.96. The van der Waals surface area contributed by atoms with Gasteiger partial charge in [-0.3, -0.25) is 14.3 Å². The van der Waals surface area contributed by atoms with Crippen molar-refractivity contribution in [3.8, 4) is 0 Å². The fourth-order valence-electron chi connectivity index (χ4n) is 4.08. The molecule has 6 nitrogen and oxygen atoms in total. The van der Waals surface area contributed by atoms with Crippen LogP contribution in [0, 0.1) is 5.92 Å². The second-order valence-corrected chi connectivity index (χ2v) is 6.87. The number of amides is 1. The molecule has 4 rings (SSSR count). The zero-order chi connectivity index (χ0) is 16.5. The molecule has 126 valence electrons. The van der Waals surface area contributed by atoms with Crippen LogP contribution in [0.5, 0.6) is 0 Å². The lowest BCUT2D eigenvalue weighted by Crippen LogP contribution is -2.49. The van der Waals surface area contributed by atoms with Crippen molar-refractivity contribution in [2.75, 3.05) is 13.1 Å². The van der Waals surface area contributed by atoms with Crippen molar-refractivity contribution in [2.45, 2.75) is 38.3 Å². The van der Waals surface area contributed by atoms with Crippen LogP contribution in [0.1, 0.15) is 30.9 Å². The molecule has 1 amide bonds. The summed E-state index contributed by atoms with van der Waals surface area (Å²) < 4.78 is 3.76. The van der Waals surface area contributed by atoms with Gasteiger partial charge in [-0.15, -0.1) is 0 Å². The van der Waals surface area contributed by atoms with Gasteiger partial charge in [0.25, 0.3) is 5.56 Å². The maximum Gasteiger partial charge on any atom is 0.250 e. The lowest BCUT2D eigenvalue weighted by molar-refractivity contribution is -0.134. The second kappa shape index (κ2) is 6.26. The topological polar surface area (TPSA) is 60.1 Å². The largest absolute Gasteiger partial charge is 0.342 e. The van der Waals surface area contributed by atoms with E-state index in [4.69, 9.17) is 0 Å². The van der Waals surface area contributed by atoms with Crippen molar-refractivity contribution >= 4 is 5.91 Å². The first-order valence-electron chi connectivity index (χ1n) is 8.65. The highest BCUT2D eigenvalue weighted by Gasteiger charge is 2.35. The van der Waals surface area contributed by atoms with Crippen LogP contribution < -0.4 is 5.56 Å². The quantitative estimate of drug-likeness (QED) is 0.855. The van der Waals surface area contributed by atoms with Crippen molar-refractivity contribution < 1.29 is 4.79 Å². The Morgan fingerprint density at radius 3 is 2.96 bits per heavy atom. The molecule has 2 bridgehead atoms. The Labute approximate surface area is 140 Å². The molecule has 2 aromatic rings. The molecule has 2 aliphatic heterocycles. The summed E-state index contributed by atoms with van der Waals surface area (Å²) in [7, 11) is 0. The molecule has 6 heteroatoms. The van der Waals surface area contributed by atoms with Gasteiger partial charge in [0.15, 0.2) is 0 Å². The molecule has 0 radical (unpaired) electrons. The van der Waals surface area contributed by atoms with Gasteiger partial charge in [-0.25, -0.2) is 0 Å². The fourth-order valence-corrected chi connectivity index (χ4v) is 4.08. The number of aryl methyl sites for hydroxylation is 1. The molecular formula is C18H22N4O2. The van der Waals surface area contributed by atoms with Crippen LogP contribution in [0.25, 0.3) is 0 Å². The molecule has 1 unspecified atom stereocenters. The normalized spacial score (nSPS) is 22.2. The molecule has 24 heavy (non-hydrogen) atoms. The van der Waals surface area contributed by atoms with E-state index in [-0.39, 0.29) is 11.5 Å². The molecule has 0 spiro atoms. The van der Waals surface area contributed by atoms with E-state index in [9.17, 15) is 9.59 Å². The Morgan fingerprint density at radius 1 is 1.21 bits per heavy atom. The van der Waals surface area contributed by atoms with Gasteiger partial charge in [0.2, 0.25) is 5.91 Å². The van der Waals surface area contributed by atoms with Crippen LogP contribution >= 0.6 is 0 Å². The predicted octanol–water partition coefficient (Wildman–Crippen LogP) is 1.47. The van der Waals surface area contributed by atoms with Crippen LogP contribution in [-0.4, -0.2) is 38.2 Å². The summed E-state index contributed by atoms with van der Waals surface area (Å²) in [6.45, 7) is 3.03. The number of nitrogens with zero attached hydrogens (tertiary/aromatic N) is 4. The third-order valence-corrected chi connectivity index (χ3v) is 5.17. The summed E-state index contributed by atoms with van der Waals surface area (Å²) in [5.41, 5.74) is 1.17. The molecule has 0 aromatic carbocycles. The number of fused-ring (bicyclic) bond motifs is 4. The van der Waals surface area contributed by atoms with Crippen molar-refractivity contribution in [3.05, 3.63) is 52.7 Å². The molecule has 1 saturated heterocycles. The Hall–Kier alpha value is -2.37. The zero-order valence-corrected chi connectivity index (χ0v) is 13.7. The highest BCUT2D eigenvalue weighted by atomic mass is 16.2. The zero-order valence-electron chi connectivity index (χ0n) is 13.7. The smallest absolute Gasteiger partial charge is 0.250 e. The van der Waals surface area contributed by atoms with Crippen LogP contribution in [-0.2, 0) is 17.9 Å². The van der Waals surface area contributed by atoms with E-state index in [1.165, 1.54) is 0 Å². The van der Waals surface area contributed by atoms with E-state index < -0.39 is 0 Å². The maximum absolute atomic E-state index is 12.6. The van der Waals surface area contributed by atoms with Crippen LogP contribution in [0.2, 0.25) is 0 Å². The molecular weight excluding hydrogens is 304 g/mol. The van der Waals surface area contributed by atoms with E-state index in [0.717, 1.165) is 44.7 Å². The minimum absolute atomic E-state index is 0.0844. The SMILES string of the molecule is O=C(CCCn1cccn1)N1CC2C[C@H](C1)Cn1c2cccc1=O. The standard InChI is InChI=1S/C18H22N4O2/c23-17(6-2-8-21-9-3-7-19-21)20-11-14-10-15(13-20)16-4-1-5-18(24)22(16)12-14/h1,3-5,7,9,14-15H,2,6,8,10-13H2/t14-,15?/m1/s1.